The molecule has 9 nitrogen and oxygen atoms in total. The third-order valence-corrected chi connectivity index (χ3v) is 4.14. The minimum absolute atomic E-state index is 0.0556. The van der Waals surface area contributed by atoms with Gasteiger partial charge in [0.15, 0.2) is 0 Å². The molecule has 1 saturated heterocycles. The molecule has 1 aromatic carbocycles. The van der Waals surface area contributed by atoms with Gasteiger partial charge in [-0.2, -0.15) is 0 Å². The van der Waals surface area contributed by atoms with E-state index in [1.54, 1.807) is 6.07 Å². The Hall–Kier alpha value is -3.72. The highest BCUT2D eigenvalue weighted by molar-refractivity contribution is 6.33. The maximum Gasteiger partial charge on any atom is 0.331 e. The number of rotatable bonds is 5. The number of nitro benzene ring substituents is 1. The largest absolute Gasteiger partial charge is 0.457 e. The minimum atomic E-state index is -0.841. The molecule has 28 heavy (non-hydrogen) atoms. The van der Waals surface area contributed by atoms with Gasteiger partial charge in [-0.1, -0.05) is 17.7 Å². The number of amides is 4. The number of nitrogens with zero attached hydrogens (tertiary/aromatic N) is 2. The standard InChI is InChI=1S/C18H12ClN3O6/c1-2-7-21-17(24)12(16(23)20-18(21)25)9-11-4-6-15(28-11)10-3-5-14(22(26)27)13(19)8-10/h2-6,8-9H,1,7H2,(H,20,23,25)/b12-9-. The molecule has 2 heterocycles. The van der Waals surface area contributed by atoms with E-state index in [2.05, 4.69) is 11.9 Å². The van der Waals surface area contributed by atoms with E-state index in [1.807, 2.05) is 0 Å². The summed E-state index contributed by atoms with van der Waals surface area (Å²) in [6.45, 7) is 3.41. The topological polar surface area (TPSA) is 123 Å². The van der Waals surface area contributed by atoms with E-state index < -0.39 is 22.8 Å². The van der Waals surface area contributed by atoms with Crippen LogP contribution in [0.2, 0.25) is 5.02 Å². The number of halogens is 1. The maximum atomic E-state index is 12.4. The summed E-state index contributed by atoms with van der Waals surface area (Å²) in [5.41, 5.74) is -0.0389. The first-order valence-corrected chi connectivity index (χ1v) is 8.23. The van der Waals surface area contributed by atoms with Crippen LogP contribution in [0.5, 0.6) is 0 Å². The number of barbiturate groups is 1. The average Bonchev–Trinajstić information content (AvgIpc) is 3.10. The Morgan fingerprint density at radius 1 is 1.25 bits per heavy atom. The molecule has 4 amide bonds. The number of hydrogen-bond acceptors (Lipinski definition) is 6. The Bertz CT molecular complexity index is 1060. The zero-order valence-corrected chi connectivity index (χ0v) is 14.9. The summed E-state index contributed by atoms with van der Waals surface area (Å²) in [5.74, 6) is -1.11. The van der Waals surface area contributed by atoms with Gasteiger partial charge < -0.3 is 4.42 Å². The van der Waals surface area contributed by atoms with Gasteiger partial charge >= 0.3 is 6.03 Å². The molecule has 0 atom stereocenters. The summed E-state index contributed by atoms with van der Waals surface area (Å²) in [6, 6.07) is 6.32. The van der Waals surface area contributed by atoms with Gasteiger partial charge in [0.2, 0.25) is 0 Å². The number of urea groups is 1. The molecule has 3 rings (SSSR count). The second-order valence-corrected chi connectivity index (χ2v) is 6.05. The third-order valence-electron chi connectivity index (χ3n) is 3.84. The zero-order valence-electron chi connectivity index (χ0n) is 14.2. The van der Waals surface area contributed by atoms with Gasteiger partial charge in [-0.25, -0.2) is 4.79 Å². The fraction of sp³-hybridized carbons (Fsp3) is 0.0556. The van der Waals surface area contributed by atoms with Gasteiger partial charge in [0.25, 0.3) is 17.5 Å². The van der Waals surface area contributed by atoms with E-state index in [0.29, 0.717) is 11.3 Å². The zero-order chi connectivity index (χ0) is 20.4. The van der Waals surface area contributed by atoms with Crippen molar-refractivity contribution in [1.82, 2.24) is 10.2 Å². The lowest BCUT2D eigenvalue weighted by molar-refractivity contribution is -0.384. The number of imide groups is 2. The molecular weight excluding hydrogens is 390 g/mol. The van der Waals surface area contributed by atoms with E-state index in [4.69, 9.17) is 16.0 Å². The summed E-state index contributed by atoms with van der Waals surface area (Å²) in [7, 11) is 0. The van der Waals surface area contributed by atoms with E-state index in [9.17, 15) is 24.5 Å². The van der Waals surface area contributed by atoms with E-state index in [1.165, 1.54) is 36.4 Å². The van der Waals surface area contributed by atoms with Crippen LogP contribution in [0.1, 0.15) is 5.76 Å². The Kier molecular flexibility index (Phi) is 5.10. The SMILES string of the molecule is C=CCN1C(=O)NC(=O)/C(=C/c2ccc(-c3ccc([N+](=O)[O-])c(Cl)c3)o2)C1=O. The molecule has 1 N–H and O–H groups in total. The highest BCUT2D eigenvalue weighted by atomic mass is 35.5. The number of benzene rings is 1. The molecule has 142 valence electrons. The molecule has 1 aromatic heterocycles. The molecule has 0 bridgehead atoms. The van der Waals surface area contributed by atoms with Crippen molar-refractivity contribution < 1.29 is 23.7 Å². The second-order valence-electron chi connectivity index (χ2n) is 5.65. The van der Waals surface area contributed by atoms with Crippen LogP contribution in [-0.4, -0.2) is 34.2 Å². The summed E-state index contributed by atoms with van der Waals surface area (Å²) >= 11 is 5.90. The van der Waals surface area contributed by atoms with Gasteiger partial charge in [0.1, 0.15) is 22.1 Å². The monoisotopic (exact) mass is 401 g/mol. The van der Waals surface area contributed by atoms with Crippen LogP contribution in [0, 0.1) is 10.1 Å². The second kappa shape index (κ2) is 7.49. The smallest absolute Gasteiger partial charge is 0.331 e. The van der Waals surface area contributed by atoms with Gasteiger partial charge in [-0.15, -0.1) is 6.58 Å². The van der Waals surface area contributed by atoms with E-state index in [-0.39, 0.29) is 28.6 Å². The molecule has 0 aliphatic carbocycles. The van der Waals surface area contributed by atoms with Crippen molar-refractivity contribution in [2.45, 2.75) is 0 Å². The molecule has 10 heteroatoms. The number of furan rings is 1. The van der Waals surface area contributed by atoms with Gasteiger partial charge in [0, 0.05) is 18.2 Å². The molecule has 2 aromatic rings. The van der Waals surface area contributed by atoms with Crippen molar-refractivity contribution in [2.24, 2.45) is 0 Å². The first-order chi connectivity index (χ1) is 13.3. The highest BCUT2D eigenvalue weighted by Crippen LogP contribution is 2.31. The molecule has 0 spiro atoms. The van der Waals surface area contributed by atoms with Crippen LogP contribution in [0.15, 0.2) is 53.0 Å². The summed E-state index contributed by atoms with van der Waals surface area (Å²) in [5, 5.41) is 12.8. The lowest BCUT2D eigenvalue weighted by atomic mass is 10.1. The molecule has 1 fully saturated rings. The normalized spacial score (nSPS) is 15.7. The van der Waals surface area contributed by atoms with Crippen molar-refractivity contribution in [1.29, 1.82) is 0 Å². The van der Waals surface area contributed by atoms with Crippen LogP contribution >= 0.6 is 11.6 Å². The molecule has 1 aliphatic rings. The van der Waals surface area contributed by atoms with Crippen molar-refractivity contribution in [3.63, 3.8) is 0 Å². The quantitative estimate of drug-likeness (QED) is 0.270. The Morgan fingerprint density at radius 2 is 2.00 bits per heavy atom. The highest BCUT2D eigenvalue weighted by Gasteiger charge is 2.35. The lowest BCUT2D eigenvalue weighted by Gasteiger charge is -2.24. The number of nitro groups is 1. The first-order valence-electron chi connectivity index (χ1n) is 7.85. The Morgan fingerprint density at radius 3 is 2.64 bits per heavy atom. The number of nitrogens with one attached hydrogen (secondary N) is 1. The van der Waals surface area contributed by atoms with Crippen molar-refractivity contribution in [3.8, 4) is 11.3 Å². The molecular formula is C18H12ClN3O6. The van der Waals surface area contributed by atoms with Gasteiger partial charge in [-0.3, -0.25) is 29.9 Å². The lowest BCUT2D eigenvalue weighted by Crippen LogP contribution is -2.54. The van der Waals surface area contributed by atoms with E-state index >= 15 is 0 Å². The van der Waals surface area contributed by atoms with Crippen molar-refractivity contribution >= 4 is 41.2 Å². The minimum Gasteiger partial charge on any atom is -0.457 e. The fourth-order valence-electron chi connectivity index (χ4n) is 2.52. The molecule has 0 radical (unpaired) electrons. The summed E-state index contributed by atoms with van der Waals surface area (Å²) in [4.78, 5) is 47.1. The number of hydrogen-bond donors (Lipinski definition) is 1. The number of carbonyl (C=O) groups excluding carboxylic acids is 3. The molecule has 1 aliphatic heterocycles. The third kappa shape index (κ3) is 3.55. The average molecular weight is 402 g/mol. The predicted octanol–water partition coefficient (Wildman–Crippen LogP) is 3.16. The van der Waals surface area contributed by atoms with Crippen LogP contribution in [0.3, 0.4) is 0 Å². The summed E-state index contributed by atoms with van der Waals surface area (Å²) in [6.07, 6.45) is 2.56. The van der Waals surface area contributed by atoms with Crippen LogP contribution in [0.4, 0.5) is 10.5 Å². The van der Waals surface area contributed by atoms with Crippen LogP contribution in [0.25, 0.3) is 17.4 Å². The Balaban J connectivity index is 1.91. The van der Waals surface area contributed by atoms with E-state index in [0.717, 1.165) is 4.90 Å². The summed E-state index contributed by atoms with van der Waals surface area (Å²) < 4.78 is 5.59. The Labute approximate surface area is 163 Å². The predicted molar refractivity (Wildman–Crippen MR) is 99.2 cm³/mol. The molecule has 0 saturated carbocycles. The van der Waals surface area contributed by atoms with Crippen molar-refractivity contribution in [2.75, 3.05) is 6.54 Å². The van der Waals surface area contributed by atoms with Crippen LogP contribution in [-0.2, 0) is 9.59 Å². The van der Waals surface area contributed by atoms with Crippen LogP contribution < -0.4 is 5.32 Å². The first kappa shape index (κ1) is 19.1. The van der Waals surface area contributed by atoms with Crippen molar-refractivity contribution in [3.05, 3.63) is 69.5 Å². The maximum absolute atomic E-state index is 12.4. The van der Waals surface area contributed by atoms with Gasteiger partial charge in [-0.05, 0) is 30.3 Å². The number of carbonyl (C=O) groups is 3. The molecule has 0 unspecified atom stereocenters. The van der Waals surface area contributed by atoms with Gasteiger partial charge in [0.05, 0.1) is 4.92 Å². The fourth-order valence-corrected chi connectivity index (χ4v) is 2.77.